The molecule has 2 N–H and O–H groups in total. The highest BCUT2D eigenvalue weighted by Gasteiger charge is 2.45. The second-order valence-corrected chi connectivity index (χ2v) is 6.71. The van der Waals surface area contributed by atoms with Crippen LogP contribution in [0.4, 0.5) is 0 Å². The van der Waals surface area contributed by atoms with Gasteiger partial charge in [-0.1, -0.05) is 0 Å². The maximum absolute atomic E-state index is 11.8. The molecular formula is C14H21NO8S. The largest absolute Gasteiger partial charge is 0.496 e. The van der Waals surface area contributed by atoms with Crippen LogP contribution in [0.5, 0.6) is 11.6 Å². The lowest BCUT2D eigenvalue weighted by Gasteiger charge is -2.29. The molecule has 2 unspecified atom stereocenters. The molecule has 0 bridgehead atoms. The topological polar surface area (TPSA) is 132 Å². The Morgan fingerprint density at radius 2 is 1.96 bits per heavy atom. The highest BCUT2D eigenvalue weighted by molar-refractivity contribution is 7.86. The number of rotatable bonds is 8. The highest BCUT2D eigenvalue weighted by atomic mass is 32.2. The minimum Gasteiger partial charge on any atom is -0.496 e. The molecular weight excluding hydrogens is 342 g/mol. The number of hydrogen-bond donors (Lipinski definition) is 2. The van der Waals surface area contributed by atoms with E-state index in [1.807, 2.05) is 0 Å². The van der Waals surface area contributed by atoms with Gasteiger partial charge in [0.25, 0.3) is 10.1 Å². The Bertz CT molecular complexity index is 664. The molecule has 0 radical (unpaired) electrons. The summed E-state index contributed by atoms with van der Waals surface area (Å²) in [5.74, 6) is -0.589. The van der Waals surface area contributed by atoms with Crippen LogP contribution in [0.1, 0.15) is 31.2 Å². The smallest absolute Gasteiger partial charge is 0.308 e. The van der Waals surface area contributed by atoms with Crippen molar-refractivity contribution in [3.05, 3.63) is 17.8 Å². The summed E-state index contributed by atoms with van der Waals surface area (Å²) in [5, 5.41) is 8.62. The number of methoxy groups -OCH3 is 2. The average Bonchev–Trinajstić information content (AvgIpc) is 2.44. The lowest BCUT2D eigenvalue weighted by Crippen LogP contribution is -2.40. The molecule has 0 aliphatic heterocycles. The summed E-state index contributed by atoms with van der Waals surface area (Å²) < 4.78 is 47.9. The molecule has 1 heterocycles. The second-order valence-electron chi connectivity index (χ2n) is 5.21. The Labute approximate surface area is 140 Å². The van der Waals surface area contributed by atoms with Crippen molar-refractivity contribution in [3.8, 4) is 11.6 Å². The minimum atomic E-state index is -4.82. The van der Waals surface area contributed by atoms with Crippen molar-refractivity contribution in [2.45, 2.75) is 31.1 Å². The normalized spacial score (nSPS) is 15.2. The predicted molar refractivity (Wildman–Crippen MR) is 83.5 cm³/mol. The van der Waals surface area contributed by atoms with Crippen molar-refractivity contribution < 1.29 is 37.1 Å². The standard InChI is InChI=1S/C14H21NO8S/c1-5-23-12(16)8-14(2,17)13(24(18,19)20)10-6-9(21-3)7-11(15-10)22-4/h6-7,13,17H,5,8H2,1-4H3,(H,18,19,20). The summed E-state index contributed by atoms with van der Waals surface area (Å²) in [6, 6.07) is 2.62. The summed E-state index contributed by atoms with van der Waals surface area (Å²) in [6.07, 6.45) is -0.660. The van der Waals surface area contributed by atoms with Crippen molar-refractivity contribution >= 4 is 16.1 Å². The van der Waals surface area contributed by atoms with E-state index in [9.17, 15) is 22.9 Å². The first kappa shape index (κ1) is 20.1. The molecule has 2 atom stereocenters. The van der Waals surface area contributed by atoms with Crippen molar-refractivity contribution in [1.82, 2.24) is 4.98 Å². The van der Waals surface area contributed by atoms with Crippen LogP contribution in [0, 0.1) is 0 Å². The molecule has 0 spiro atoms. The van der Waals surface area contributed by atoms with E-state index in [0.29, 0.717) is 0 Å². The third kappa shape index (κ3) is 5.05. The van der Waals surface area contributed by atoms with Gasteiger partial charge in [-0.2, -0.15) is 8.42 Å². The van der Waals surface area contributed by atoms with Gasteiger partial charge < -0.3 is 19.3 Å². The summed E-state index contributed by atoms with van der Waals surface area (Å²) in [5.41, 5.74) is -2.41. The SMILES string of the molecule is CCOC(=O)CC(C)(O)C(c1cc(OC)cc(OC)n1)S(=O)(=O)O. The lowest BCUT2D eigenvalue weighted by atomic mass is 9.95. The van der Waals surface area contributed by atoms with E-state index in [2.05, 4.69) is 4.98 Å². The predicted octanol–water partition coefficient (Wildman–Crippen LogP) is 0.732. The van der Waals surface area contributed by atoms with Crippen LogP contribution in [-0.2, 0) is 19.6 Å². The summed E-state index contributed by atoms with van der Waals surface area (Å²) in [7, 11) is -2.16. The van der Waals surface area contributed by atoms with E-state index in [0.717, 1.165) is 6.92 Å². The van der Waals surface area contributed by atoms with Gasteiger partial charge in [-0.05, 0) is 13.8 Å². The number of aromatic nitrogens is 1. The molecule has 9 nitrogen and oxygen atoms in total. The number of hydrogen-bond acceptors (Lipinski definition) is 8. The molecule has 0 aliphatic carbocycles. The maximum atomic E-state index is 11.8. The van der Waals surface area contributed by atoms with Crippen LogP contribution in [-0.4, -0.2) is 55.5 Å². The fraction of sp³-hybridized carbons (Fsp3) is 0.571. The monoisotopic (exact) mass is 363 g/mol. The van der Waals surface area contributed by atoms with Gasteiger partial charge in [-0.25, -0.2) is 4.98 Å². The Morgan fingerprint density at radius 3 is 2.42 bits per heavy atom. The summed E-state index contributed by atoms with van der Waals surface area (Å²) in [6.45, 7) is 2.73. The fourth-order valence-corrected chi connectivity index (χ4v) is 3.40. The summed E-state index contributed by atoms with van der Waals surface area (Å²) in [4.78, 5) is 15.6. The molecule has 0 fully saturated rings. The molecule has 0 saturated carbocycles. The van der Waals surface area contributed by atoms with Crippen molar-refractivity contribution in [2.75, 3.05) is 20.8 Å². The number of carbonyl (C=O) groups is 1. The first-order valence-electron chi connectivity index (χ1n) is 6.99. The zero-order chi connectivity index (χ0) is 18.5. The molecule has 10 heteroatoms. The zero-order valence-electron chi connectivity index (χ0n) is 13.8. The quantitative estimate of drug-likeness (QED) is 0.506. The van der Waals surface area contributed by atoms with Crippen LogP contribution in [0.2, 0.25) is 0 Å². The van der Waals surface area contributed by atoms with Crippen molar-refractivity contribution in [2.24, 2.45) is 0 Å². The van der Waals surface area contributed by atoms with E-state index in [1.165, 1.54) is 26.4 Å². The molecule has 24 heavy (non-hydrogen) atoms. The van der Waals surface area contributed by atoms with E-state index in [-0.39, 0.29) is 23.9 Å². The van der Waals surface area contributed by atoms with E-state index in [4.69, 9.17) is 14.2 Å². The van der Waals surface area contributed by atoms with Crippen LogP contribution in [0.15, 0.2) is 12.1 Å². The van der Waals surface area contributed by atoms with Crippen LogP contribution < -0.4 is 9.47 Å². The fourth-order valence-electron chi connectivity index (χ4n) is 2.25. The molecule has 0 saturated heterocycles. The zero-order valence-corrected chi connectivity index (χ0v) is 14.7. The number of carbonyl (C=O) groups excluding carboxylic acids is 1. The molecule has 1 aromatic heterocycles. The van der Waals surface area contributed by atoms with Crippen LogP contribution in [0.25, 0.3) is 0 Å². The van der Waals surface area contributed by atoms with Gasteiger partial charge in [0.15, 0.2) is 5.25 Å². The maximum Gasteiger partial charge on any atom is 0.308 e. The molecule has 0 amide bonds. The third-order valence-corrected chi connectivity index (χ3v) is 4.52. The number of esters is 1. The lowest BCUT2D eigenvalue weighted by molar-refractivity contribution is -0.148. The van der Waals surface area contributed by atoms with Gasteiger partial charge in [-0.15, -0.1) is 0 Å². The molecule has 1 aromatic rings. The van der Waals surface area contributed by atoms with Crippen LogP contribution in [0.3, 0.4) is 0 Å². The number of nitrogens with zero attached hydrogens (tertiary/aromatic N) is 1. The van der Waals surface area contributed by atoms with E-state index in [1.54, 1.807) is 6.92 Å². The van der Waals surface area contributed by atoms with Gasteiger partial charge in [0.2, 0.25) is 5.88 Å². The molecule has 0 aromatic carbocycles. The average molecular weight is 363 g/mol. The van der Waals surface area contributed by atoms with Gasteiger partial charge in [-0.3, -0.25) is 9.35 Å². The second kappa shape index (κ2) is 7.77. The summed E-state index contributed by atoms with van der Waals surface area (Å²) >= 11 is 0. The Balaban J connectivity index is 3.40. The van der Waals surface area contributed by atoms with Crippen LogP contribution >= 0.6 is 0 Å². The van der Waals surface area contributed by atoms with Gasteiger partial charge in [0.1, 0.15) is 5.75 Å². The van der Waals surface area contributed by atoms with Gasteiger partial charge >= 0.3 is 5.97 Å². The van der Waals surface area contributed by atoms with E-state index >= 15 is 0 Å². The molecule has 1 rings (SSSR count). The Hall–Kier alpha value is -1.91. The Kier molecular flexibility index (Phi) is 6.52. The Morgan fingerprint density at radius 1 is 1.33 bits per heavy atom. The number of aliphatic hydroxyl groups is 1. The van der Waals surface area contributed by atoms with E-state index < -0.39 is 33.4 Å². The molecule has 0 aliphatic rings. The minimum absolute atomic E-state index is 0.0185. The van der Waals surface area contributed by atoms with Gasteiger partial charge in [0.05, 0.1) is 38.5 Å². The number of pyridine rings is 1. The number of ether oxygens (including phenoxy) is 3. The first-order chi connectivity index (χ1) is 11.0. The first-order valence-corrected chi connectivity index (χ1v) is 8.49. The van der Waals surface area contributed by atoms with Crippen molar-refractivity contribution in [1.29, 1.82) is 0 Å². The third-order valence-electron chi connectivity index (χ3n) is 3.18. The van der Waals surface area contributed by atoms with Gasteiger partial charge in [0, 0.05) is 12.1 Å². The highest BCUT2D eigenvalue weighted by Crippen LogP contribution is 2.37. The molecule has 136 valence electrons. The van der Waals surface area contributed by atoms with Crippen molar-refractivity contribution in [3.63, 3.8) is 0 Å².